The summed E-state index contributed by atoms with van der Waals surface area (Å²) in [7, 11) is 1.49. The Hall–Kier alpha value is -2.77. The number of rotatable bonds is 16. The van der Waals surface area contributed by atoms with E-state index in [-0.39, 0.29) is 36.1 Å². The van der Waals surface area contributed by atoms with Crippen molar-refractivity contribution in [2.24, 2.45) is 5.92 Å². The van der Waals surface area contributed by atoms with Gasteiger partial charge in [0.1, 0.15) is 11.6 Å². The minimum absolute atomic E-state index is 0.0212. The van der Waals surface area contributed by atoms with Crippen molar-refractivity contribution in [3.8, 4) is 5.75 Å². The molecule has 1 unspecified atom stereocenters. The van der Waals surface area contributed by atoms with E-state index in [0.717, 1.165) is 12.0 Å². The van der Waals surface area contributed by atoms with Crippen molar-refractivity contribution in [2.75, 3.05) is 20.2 Å². The molecule has 0 fully saturated rings. The minimum atomic E-state index is -0.373. The maximum atomic E-state index is 13.7. The zero-order valence-electron chi connectivity index (χ0n) is 21.4. The standard InChI is InChI=1S/C28H40FN3O3/c1-5-26(27(33)19-30-17-22-14-23(29)16-25(15-22)35-4)31-18-24(13-20(2)3)32-28(34)12-11-21-9-7-6-8-10-21/h6-10,14-16,20,24,26,30-31H,5,11-13,17-19H2,1-4H3,(H,32,34)/t24-,26?/m0/s1. The third-order valence-electron chi connectivity index (χ3n) is 5.81. The Morgan fingerprint density at radius 3 is 2.46 bits per heavy atom. The number of hydrogen-bond donors (Lipinski definition) is 3. The van der Waals surface area contributed by atoms with E-state index in [2.05, 4.69) is 29.8 Å². The van der Waals surface area contributed by atoms with Crippen molar-refractivity contribution in [3.63, 3.8) is 0 Å². The van der Waals surface area contributed by atoms with Gasteiger partial charge in [0.25, 0.3) is 0 Å². The molecular weight excluding hydrogens is 445 g/mol. The van der Waals surface area contributed by atoms with Gasteiger partial charge in [0.2, 0.25) is 5.91 Å². The van der Waals surface area contributed by atoms with E-state index in [1.54, 1.807) is 6.07 Å². The van der Waals surface area contributed by atoms with E-state index < -0.39 is 0 Å². The topological polar surface area (TPSA) is 79.5 Å². The molecule has 0 heterocycles. The van der Waals surface area contributed by atoms with Crippen molar-refractivity contribution in [1.82, 2.24) is 16.0 Å². The van der Waals surface area contributed by atoms with E-state index in [4.69, 9.17) is 4.74 Å². The highest BCUT2D eigenvalue weighted by Crippen LogP contribution is 2.15. The largest absolute Gasteiger partial charge is 0.497 e. The molecular formula is C28H40FN3O3. The van der Waals surface area contributed by atoms with Crippen LogP contribution in [-0.2, 0) is 22.6 Å². The van der Waals surface area contributed by atoms with Crippen LogP contribution in [0.4, 0.5) is 4.39 Å². The van der Waals surface area contributed by atoms with Gasteiger partial charge in [-0.2, -0.15) is 0 Å². The van der Waals surface area contributed by atoms with Crippen LogP contribution in [-0.4, -0.2) is 44.0 Å². The van der Waals surface area contributed by atoms with Crippen molar-refractivity contribution in [1.29, 1.82) is 0 Å². The number of halogens is 1. The molecule has 6 nitrogen and oxygen atoms in total. The summed E-state index contributed by atoms with van der Waals surface area (Å²) >= 11 is 0. The molecule has 0 saturated carbocycles. The number of amides is 1. The second kappa shape index (κ2) is 15.3. The number of carbonyl (C=O) groups is 2. The van der Waals surface area contributed by atoms with Crippen LogP contribution in [0, 0.1) is 11.7 Å². The zero-order valence-corrected chi connectivity index (χ0v) is 21.4. The van der Waals surface area contributed by atoms with Gasteiger partial charge in [-0.1, -0.05) is 51.1 Å². The summed E-state index contributed by atoms with van der Waals surface area (Å²) in [6.45, 7) is 7.27. The number of benzene rings is 2. The molecule has 2 aromatic carbocycles. The number of hydrogen-bond acceptors (Lipinski definition) is 5. The average molecular weight is 486 g/mol. The van der Waals surface area contributed by atoms with E-state index in [0.29, 0.717) is 49.6 Å². The maximum Gasteiger partial charge on any atom is 0.220 e. The number of methoxy groups -OCH3 is 1. The Morgan fingerprint density at radius 2 is 1.80 bits per heavy atom. The predicted molar refractivity (Wildman–Crippen MR) is 138 cm³/mol. The fraction of sp³-hybridized carbons (Fsp3) is 0.500. The summed E-state index contributed by atoms with van der Waals surface area (Å²) in [6.07, 6.45) is 2.61. The molecule has 0 aliphatic heterocycles. The Kier molecular flexibility index (Phi) is 12.4. The van der Waals surface area contributed by atoms with E-state index >= 15 is 0 Å². The monoisotopic (exact) mass is 485 g/mol. The number of nitrogens with one attached hydrogen (secondary N) is 3. The molecule has 192 valence electrons. The van der Waals surface area contributed by atoms with Gasteiger partial charge in [0.05, 0.1) is 19.7 Å². The zero-order chi connectivity index (χ0) is 25.6. The second-order valence-corrected chi connectivity index (χ2v) is 9.32. The van der Waals surface area contributed by atoms with Gasteiger partial charge >= 0.3 is 0 Å². The first kappa shape index (κ1) is 28.5. The summed E-state index contributed by atoms with van der Waals surface area (Å²) in [6, 6.07) is 14.1. The van der Waals surface area contributed by atoms with Gasteiger partial charge < -0.3 is 20.7 Å². The van der Waals surface area contributed by atoms with Crippen molar-refractivity contribution < 1.29 is 18.7 Å². The fourth-order valence-electron chi connectivity index (χ4n) is 4.03. The third kappa shape index (κ3) is 11.0. The van der Waals surface area contributed by atoms with Gasteiger partial charge in [-0.05, 0) is 48.4 Å². The molecule has 0 bridgehead atoms. The molecule has 0 aromatic heterocycles. The van der Waals surface area contributed by atoms with Crippen LogP contribution < -0.4 is 20.7 Å². The first-order chi connectivity index (χ1) is 16.8. The van der Waals surface area contributed by atoms with Crippen LogP contribution in [0.3, 0.4) is 0 Å². The molecule has 0 spiro atoms. The lowest BCUT2D eigenvalue weighted by Gasteiger charge is -2.24. The SMILES string of the molecule is CCC(NC[C@H](CC(C)C)NC(=O)CCc1ccccc1)C(=O)CNCc1cc(F)cc(OC)c1. The van der Waals surface area contributed by atoms with E-state index in [1.165, 1.54) is 19.2 Å². The Balaban J connectivity index is 1.82. The summed E-state index contributed by atoms with van der Waals surface area (Å²) in [5.74, 6) is 0.546. The van der Waals surface area contributed by atoms with Gasteiger partial charge in [0, 0.05) is 31.6 Å². The molecule has 0 radical (unpaired) electrons. The molecule has 0 aliphatic rings. The lowest BCUT2D eigenvalue weighted by Crippen LogP contribution is -2.49. The highest BCUT2D eigenvalue weighted by atomic mass is 19.1. The van der Waals surface area contributed by atoms with Gasteiger partial charge in [0.15, 0.2) is 5.78 Å². The quantitative estimate of drug-likeness (QED) is 0.335. The number of ketones is 1. The molecule has 7 heteroatoms. The number of aryl methyl sites for hydroxylation is 1. The van der Waals surface area contributed by atoms with Crippen LogP contribution in [0.5, 0.6) is 5.75 Å². The normalized spacial score (nSPS) is 12.9. The first-order valence-corrected chi connectivity index (χ1v) is 12.4. The molecule has 2 atom stereocenters. The number of ether oxygens (including phenoxy) is 1. The first-order valence-electron chi connectivity index (χ1n) is 12.4. The Labute approximate surface area is 209 Å². The van der Waals surface area contributed by atoms with Crippen LogP contribution in [0.25, 0.3) is 0 Å². The van der Waals surface area contributed by atoms with Crippen molar-refractivity contribution in [3.05, 3.63) is 65.5 Å². The lowest BCUT2D eigenvalue weighted by atomic mass is 10.0. The van der Waals surface area contributed by atoms with Crippen LogP contribution in [0.1, 0.15) is 51.2 Å². The maximum absolute atomic E-state index is 13.7. The Morgan fingerprint density at radius 1 is 1.06 bits per heavy atom. The number of carbonyl (C=O) groups excluding carboxylic acids is 2. The summed E-state index contributed by atoms with van der Waals surface area (Å²) in [5, 5.41) is 9.59. The summed E-state index contributed by atoms with van der Waals surface area (Å²) in [5.41, 5.74) is 1.85. The molecule has 2 aromatic rings. The lowest BCUT2D eigenvalue weighted by molar-refractivity contribution is -0.121. The smallest absolute Gasteiger partial charge is 0.220 e. The summed E-state index contributed by atoms with van der Waals surface area (Å²) in [4.78, 5) is 25.3. The second-order valence-electron chi connectivity index (χ2n) is 9.32. The van der Waals surface area contributed by atoms with Gasteiger partial charge in [-0.3, -0.25) is 9.59 Å². The van der Waals surface area contributed by atoms with Crippen LogP contribution in [0.15, 0.2) is 48.5 Å². The molecule has 0 aliphatic carbocycles. The highest BCUT2D eigenvalue weighted by Gasteiger charge is 2.20. The van der Waals surface area contributed by atoms with E-state index in [9.17, 15) is 14.0 Å². The third-order valence-corrected chi connectivity index (χ3v) is 5.81. The number of Topliss-reactive ketones (excluding diaryl/α,β-unsaturated/α-hetero) is 1. The predicted octanol–water partition coefficient (Wildman–Crippen LogP) is 4.02. The van der Waals surface area contributed by atoms with Crippen molar-refractivity contribution in [2.45, 2.75) is 65.1 Å². The molecule has 0 saturated heterocycles. The average Bonchev–Trinajstić information content (AvgIpc) is 2.83. The molecule has 3 N–H and O–H groups in total. The highest BCUT2D eigenvalue weighted by molar-refractivity contribution is 5.85. The molecule has 2 rings (SSSR count). The minimum Gasteiger partial charge on any atom is -0.497 e. The van der Waals surface area contributed by atoms with Crippen LogP contribution >= 0.6 is 0 Å². The van der Waals surface area contributed by atoms with Crippen LogP contribution in [0.2, 0.25) is 0 Å². The van der Waals surface area contributed by atoms with E-state index in [1.807, 2.05) is 37.3 Å². The molecule has 35 heavy (non-hydrogen) atoms. The molecule has 1 amide bonds. The van der Waals surface area contributed by atoms with Crippen molar-refractivity contribution >= 4 is 11.7 Å². The van der Waals surface area contributed by atoms with Gasteiger partial charge in [-0.25, -0.2) is 4.39 Å². The van der Waals surface area contributed by atoms with Gasteiger partial charge in [-0.15, -0.1) is 0 Å². The fourth-order valence-corrected chi connectivity index (χ4v) is 4.03. The Bertz CT molecular complexity index is 921. The summed E-state index contributed by atoms with van der Waals surface area (Å²) < 4.78 is 18.8.